The molecule has 0 unspecified atom stereocenters. The molecule has 0 atom stereocenters. The second kappa shape index (κ2) is 41.1. The van der Waals surface area contributed by atoms with Gasteiger partial charge in [0.25, 0.3) is 33.6 Å². The van der Waals surface area contributed by atoms with Crippen LogP contribution in [-0.4, -0.2) is 179 Å². The third-order valence-corrected chi connectivity index (χ3v) is 25.9. The van der Waals surface area contributed by atoms with Crippen molar-refractivity contribution in [1.29, 1.82) is 0 Å². The van der Waals surface area contributed by atoms with Crippen molar-refractivity contribution < 1.29 is 9.85 Å². The molecule has 0 bridgehead atoms. The van der Waals surface area contributed by atoms with E-state index in [0.29, 0.717) is 85.7 Å². The van der Waals surface area contributed by atoms with Crippen molar-refractivity contribution in [3.8, 4) is 33.4 Å². The Kier molecular flexibility index (Phi) is 28.9. The van der Waals surface area contributed by atoms with Crippen molar-refractivity contribution in [3.63, 3.8) is 0 Å². The van der Waals surface area contributed by atoms with Gasteiger partial charge in [-0.1, -0.05) is 31.9 Å². The molecule has 18 rings (SSSR count). The molecule has 0 saturated carbocycles. The molecule has 14 heterocycles. The highest BCUT2D eigenvalue weighted by molar-refractivity contribution is 9.11. The van der Waals surface area contributed by atoms with Gasteiger partial charge in [-0.3, -0.25) is 49.4 Å². The Balaban J connectivity index is 0.000000136. The first kappa shape index (κ1) is 92.9. The number of pyridine rings is 11. The fourth-order valence-corrected chi connectivity index (χ4v) is 18.4. The highest BCUT2D eigenvalue weighted by Gasteiger charge is 2.25. The number of aromatic amines is 4. The van der Waals surface area contributed by atoms with Crippen LogP contribution < -0.4 is 53.3 Å². The van der Waals surface area contributed by atoms with Crippen molar-refractivity contribution in [2.24, 2.45) is 0 Å². The number of H-pyrrole nitrogens is 4. The molecule has 4 aromatic carbocycles. The van der Waals surface area contributed by atoms with E-state index in [0.717, 1.165) is 217 Å². The SMILES string of the molecule is Cc1cc(C)c(CCc2nccc3c(Br)cc(-c4ccc(N5CCN(C)CC5)nc4)cc23)c(=O)[nH]1.Cc1cc(C)c(CCc2nccc3c(N)cc(-c4ccc(N5CCN(C)CC5)nc4)cc23)c(=O)[nH]1.Cc1cc(C)c(CNc2nccc3c([N+](=O)[O-])cc(-c4ccc(N5CCN(C)CC5)nc4)cc23)c(=O)[nH]1.Cc1cc(C)c(CNc2nccc3c([N+](=O)[O-])cc(Br)cc23)c(=O)[nH]1. The zero-order valence-corrected chi connectivity index (χ0v) is 79.0. The van der Waals surface area contributed by atoms with Crippen LogP contribution >= 0.6 is 31.9 Å². The summed E-state index contributed by atoms with van der Waals surface area (Å²) in [5.74, 6) is 3.90. The molecule has 0 spiro atoms. The number of nitrogen functional groups attached to an aromatic ring is 1. The maximum Gasteiger partial charge on any atom is 0.278 e. The second-order valence-electron chi connectivity index (χ2n) is 34.2. The third-order valence-electron chi connectivity index (χ3n) is 24.8. The van der Waals surface area contributed by atoms with Crippen molar-refractivity contribution >= 4 is 121 Å². The average molecular weight is 1900 g/mol. The van der Waals surface area contributed by atoms with Crippen LogP contribution in [0.4, 0.5) is 46.2 Å². The topological polar surface area (TPSA) is 377 Å². The first-order valence-corrected chi connectivity index (χ1v) is 45.5. The smallest absolute Gasteiger partial charge is 0.278 e. The summed E-state index contributed by atoms with van der Waals surface area (Å²) in [5.41, 5.74) is 24.4. The molecule has 0 amide bonds. The van der Waals surface area contributed by atoms with Crippen molar-refractivity contribution in [2.45, 2.75) is 94.2 Å². The fraction of sp³-hybridized carbons (Fsp3) is 0.290. The molecule has 8 N–H and O–H groups in total. The fourth-order valence-electron chi connectivity index (χ4n) is 17.4. The van der Waals surface area contributed by atoms with Crippen LogP contribution in [0.1, 0.15) is 78.7 Å². The summed E-state index contributed by atoms with van der Waals surface area (Å²) in [7, 11) is 6.42. The van der Waals surface area contributed by atoms with Gasteiger partial charge in [-0.25, -0.2) is 24.9 Å². The van der Waals surface area contributed by atoms with E-state index < -0.39 is 4.92 Å². The Hall–Kier alpha value is -13.8. The number of halogens is 2. The monoisotopic (exact) mass is 1900 g/mol. The number of piperazine rings is 3. The van der Waals surface area contributed by atoms with Crippen LogP contribution in [0.2, 0.25) is 0 Å². The van der Waals surface area contributed by atoms with Crippen LogP contribution in [0.15, 0.2) is 205 Å². The zero-order valence-electron chi connectivity index (χ0n) is 75.8. The summed E-state index contributed by atoms with van der Waals surface area (Å²) < 4.78 is 1.62. The number of nitrogens with zero attached hydrogens (tertiary/aromatic N) is 15. The molecule has 3 aliphatic heterocycles. The molecule has 678 valence electrons. The Morgan fingerprint density at radius 2 is 0.689 bits per heavy atom. The molecule has 3 saturated heterocycles. The summed E-state index contributed by atoms with van der Waals surface area (Å²) in [5, 5.41) is 36.0. The van der Waals surface area contributed by atoms with Crippen molar-refractivity contribution in [3.05, 3.63) is 326 Å². The summed E-state index contributed by atoms with van der Waals surface area (Å²) in [4.78, 5) is 130. The standard InChI is InChI=1S/C28H30BrN5O.C28H32N6O.C27H29N7O3.C17H15BrN4O3/c2*1-18-14-19(2)32-28(35)22(18)5-6-26-24-15-21(16-25(29)23(24)8-9-30-26)20-4-7-27(31-17-20)34-12-10-33(3)11-13-34;1-17-12-18(2)31-27(35)23(17)16-30-26-22-13-20(14-24(34(36)37)21(22)6-7-28-26)19-4-5-25(29-15-19)33-10-8-32(3)9-11-33;1-9-5-10(2)21-17(23)14(9)8-20-16-13-6-11(18)7-15(22(24)25)12(13)3-4-19-16/h4,7-9,14-17H,5-6,10-13H2,1-3H3,(H,32,35);4,7-9,14-17H,5-6,10-13,29H2,1-3H3,(H,32,35);4-7,12-15H,8-11,16H2,1-3H3,(H,28,30)(H,31,35);3-7H,8H2,1-2H3,(H,19,20)(H,21,23). The molecule has 0 radical (unpaired) electrons. The van der Waals surface area contributed by atoms with Gasteiger partial charge < -0.3 is 65.7 Å². The van der Waals surface area contributed by atoms with Gasteiger partial charge in [0.1, 0.15) is 29.1 Å². The average Bonchev–Trinajstić information content (AvgIpc) is 0.780. The molecular formula is C100H106Br2N22O8. The number of rotatable bonds is 20. The first-order valence-electron chi connectivity index (χ1n) is 43.9. The number of nitrogens with one attached hydrogen (secondary N) is 6. The lowest BCUT2D eigenvalue weighted by molar-refractivity contribution is -0.383. The van der Waals surface area contributed by atoms with Crippen LogP contribution in [0.25, 0.3) is 76.5 Å². The molecule has 3 fully saturated rings. The maximum atomic E-state index is 12.5. The van der Waals surface area contributed by atoms with Crippen LogP contribution in [0.3, 0.4) is 0 Å². The first-order chi connectivity index (χ1) is 63.4. The van der Waals surface area contributed by atoms with E-state index in [1.807, 2.05) is 135 Å². The van der Waals surface area contributed by atoms with E-state index in [2.05, 4.69) is 175 Å². The maximum absolute atomic E-state index is 12.5. The number of aryl methyl sites for hydroxylation is 10. The molecule has 11 aromatic heterocycles. The molecule has 132 heavy (non-hydrogen) atoms. The number of nitrogens with two attached hydrogens (primary N) is 1. The van der Waals surface area contributed by atoms with E-state index in [1.54, 1.807) is 36.7 Å². The zero-order chi connectivity index (χ0) is 93.3. The molecule has 0 aliphatic carbocycles. The minimum absolute atomic E-state index is 0.000751. The summed E-state index contributed by atoms with van der Waals surface area (Å²) in [6.07, 6.45) is 15.0. The Morgan fingerprint density at radius 3 is 1.07 bits per heavy atom. The van der Waals surface area contributed by atoms with Gasteiger partial charge in [0, 0.05) is 262 Å². The van der Waals surface area contributed by atoms with E-state index in [1.165, 1.54) is 18.5 Å². The Morgan fingerprint density at radius 1 is 0.356 bits per heavy atom. The van der Waals surface area contributed by atoms with E-state index in [4.69, 9.17) is 20.7 Å². The van der Waals surface area contributed by atoms with Crippen molar-refractivity contribution in [2.75, 3.05) is 131 Å². The molecule has 3 aliphatic rings. The summed E-state index contributed by atoms with van der Waals surface area (Å²) in [6, 6.07) is 42.7. The summed E-state index contributed by atoms with van der Waals surface area (Å²) >= 11 is 7.07. The Labute approximate surface area is 779 Å². The number of aromatic nitrogens is 11. The molecule has 15 aromatic rings. The molecule has 30 nitrogen and oxygen atoms in total. The number of nitro benzene ring substituents is 2. The number of hydrogen-bond acceptors (Lipinski definition) is 24. The van der Waals surface area contributed by atoms with Gasteiger partial charge in [-0.15, -0.1) is 0 Å². The van der Waals surface area contributed by atoms with E-state index in [9.17, 15) is 39.4 Å². The normalized spacial score (nSPS) is 13.8. The number of hydrogen-bond donors (Lipinski definition) is 7. The predicted molar refractivity (Wildman–Crippen MR) is 535 cm³/mol. The second-order valence-corrected chi connectivity index (χ2v) is 36.0. The minimum Gasteiger partial charge on any atom is -0.398 e. The quantitative estimate of drug-likeness (QED) is 0.0212. The molecule has 32 heteroatoms. The largest absolute Gasteiger partial charge is 0.398 e. The van der Waals surface area contributed by atoms with Crippen LogP contribution in [-0.2, 0) is 38.8 Å². The van der Waals surface area contributed by atoms with E-state index >= 15 is 0 Å². The van der Waals surface area contributed by atoms with Gasteiger partial charge in [-0.05, 0) is 268 Å². The number of anilines is 6. The predicted octanol–water partition coefficient (Wildman–Crippen LogP) is 16.3. The lowest BCUT2D eigenvalue weighted by Crippen LogP contribution is -2.44. The number of nitro groups is 2. The summed E-state index contributed by atoms with van der Waals surface area (Å²) in [6.45, 7) is 27.7. The van der Waals surface area contributed by atoms with Gasteiger partial charge in [0.05, 0.1) is 20.6 Å². The van der Waals surface area contributed by atoms with Crippen LogP contribution in [0.5, 0.6) is 0 Å². The number of fused-ring (bicyclic) bond motifs is 4. The molecular weight excluding hydrogens is 1800 g/mol. The Bertz CT molecular complexity index is 6870. The lowest BCUT2D eigenvalue weighted by Gasteiger charge is -2.33. The number of non-ortho nitro benzene ring substituents is 2. The van der Waals surface area contributed by atoms with E-state index in [-0.39, 0.29) is 51.6 Å². The highest BCUT2D eigenvalue weighted by Crippen LogP contribution is 2.39. The lowest BCUT2D eigenvalue weighted by atomic mass is 9.97. The van der Waals surface area contributed by atoms with Gasteiger partial charge in [0.2, 0.25) is 0 Å². The third kappa shape index (κ3) is 21.8. The number of benzene rings is 4. The van der Waals surface area contributed by atoms with Gasteiger partial charge >= 0.3 is 0 Å². The van der Waals surface area contributed by atoms with Gasteiger partial charge in [-0.2, -0.15) is 0 Å². The minimum atomic E-state index is -0.425. The van der Waals surface area contributed by atoms with Crippen LogP contribution in [0, 0.1) is 75.6 Å². The van der Waals surface area contributed by atoms with Gasteiger partial charge in [0.15, 0.2) is 0 Å². The van der Waals surface area contributed by atoms with Crippen molar-refractivity contribution in [1.82, 2.24) is 69.5 Å². The number of likely N-dealkylation sites (N-methyl/N-ethyl adjacent to an activating group) is 3. The highest BCUT2D eigenvalue weighted by atomic mass is 79.9.